The first kappa shape index (κ1) is 21.1. The van der Waals surface area contributed by atoms with Gasteiger partial charge in [-0.15, -0.1) is 0 Å². The van der Waals surface area contributed by atoms with Crippen LogP contribution in [0.3, 0.4) is 0 Å². The maximum Gasteiger partial charge on any atom is 0.159 e. The first-order chi connectivity index (χ1) is 15.6. The largest absolute Gasteiger partial charge is 0.365 e. The number of piperidine rings is 1. The average Bonchev–Trinajstić information content (AvgIpc) is 3.18. The summed E-state index contributed by atoms with van der Waals surface area (Å²) in [4.78, 5) is 11.3. The van der Waals surface area contributed by atoms with E-state index in [9.17, 15) is 8.78 Å². The molecule has 5 rings (SSSR count). The summed E-state index contributed by atoms with van der Waals surface area (Å²) in [5, 5.41) is 3.14. The van der Waals surface area contributed by atoms with Crippen molar-refractivity contribution in [2.75, 3.05) is 20.1 Å². The van der Waals surface area contributed by atoms with Crippen LogP contribution in [0.5, 0.6) is 0 Å². The number of hydrogen-bond acceptors (Lipinski definition) is 5. The lowest BCUT2D eigenvalue weighted by Gasteiger charge is -2.39. The number of ether oxygens (including phenoxy) is 1. The molecule has 1 fully saturated rings. The van der Waals surface area contributed by atoms with E-state index in [0.717, 1.165) is 49.8 Å². The predicted octanol–water partition coefficient (Wildman–Crippen LogP) is 4.09. The lowest BCUT2D eigenvalue weighted by Crippen LogP contribution is -2.42. The van der Waals surface area contributed by atoms with Gasteiger partial charge in [-0.2, -0.15) is 0 Å². The first-order valence-corrected chi connectivity index (χ1v) is 10.9. The third-order valence-corrected chi connectivity index (χ3v) is 6.69. The van der Waals surface area contributed by atoms with Crippen LogP contribution in [0.25, 0.3) is 0 Å². The average molecular weight is 437 g/mol. The van der Waals surface area contributed by atoms with Crippen LogP contribution in [0, 0.1) is 11.6 Å². The molecule has 1 unspecified atom stereocenters. The highest BCUT2D eigenvalue weighted by atomic mass is 19.2. The Labute approximate surface area is 186 Å². The van der Waals surface area contributed by atoms with E-state index < -0.39 is 11.6 Å². The normalized spacial score (nSPS) is 18.6. The van der Waals surface area contributed by atoms with Crippen molar-refractivity contribution in [3.05, 3.63) is 94.6 Å². The zero-order valence-corrected chi connectivity index (χ0v) is 18.0. The van der Waals surface area contributed by atoms with Crippen LogP contribution in [0.15, 0.2) is 55.0 Å². The Kier molecular flexibility index (Phi) is 5.71. The number of hydrogen-bond donors (Lipinski definition) is 1. The molecule has 32 heavy (non-hydrogen) atoms. The van der Waals surface area contributed by atoms with Gasteiger partial charge in [-0.3, -0.25) is 14.9 Å². The molecular weight excluding hydrogens is 410 g/mol. The van der Waals surface area contributed by atoms with E-state index in [2.05, 4.69) is 32.3 Å². The second-order valence-electron chi connectivity index (χ2n) is 8.58. The molecule has 166 valence electrons. The summed E-state index contributed by atoms with van der Waals surface area (Å²) < 4.78 is 33.2. The molecule has 2 aromatic heterocycles. The summed E-state index contributed by atoms with van der Waals surface area (Å²) in [6, 6.07) is 9.71. The smallest absolute Gasteiger partial charge is 0.159 e. The number of nitrogens with one attached hydrogen (secondary N) is 1. The van der Waals surface area contributed by atoms with Gasteiger partial charge in [-0.25, -0.2) is 8.78 Å². The fourth-order valence-electron chi connectivity index (χ4n) is 4.87. The lowest BCUT2D eigenvalue weighted by molar-refractivity contribution is -0.0800. The Morgan fingerprint density at radius 3 is 2.66 bits per heavy atom. The molecule has 1 saturated heterocycles. The Hall–Kier alpha value is -2.74. The Balaban J connectivity index is 1.23. The van der Waals surface area contributed by atoms with Gasteiger partial charge in [0.1, 0.15) is 0 Å². The van der Waals surface area contributed by atoms with Gasteiger partial charge >= 0.3 is 0 Å². The predicted molar refractivity (Wildman–Crippen MR) is 117 cm³/mol. The van der Waals surface area contributed by atoms with Crippen molar-refractivity contribution in [3.63, 3.8) is 0 Å². The monoisotopic (exact) mass is 436 g/mol. The fourth-order valence-corrected chi connectivity index (χ4v) is 4.87. The van der Waals surface area contributed by atoms with Gasteiger partial charge in [0.15, 0.2) is 11.6 Å². The number of pyridine rings is 2. The van der Waals surface area contributed by atoms with Gasteiger partial charge in [-0.1, -0.05) is 12.1 Å². The SMILES string of the molecule is CNC(c1ccc(F)c(F)c1)c1ccc(CN2CCC3(CC2)OCc2ccncc23)cn1. The molecule has 2 aliphatic heterocycles. The second kappa shape index (κ2) is 8.65. The number of fused-ring (bicyclic) bond motifs is 2. The van der Waals surface area contributed by atoms with Gasteiger partial charge < -0.3 is 10.1 Å². The highest BCUT2D eigenvalue weighted by Gasteiger charge is 2.42. The van der Waals surface area contributed by atoms with E-state index in [-0.39, 0.29) is 11.6 Å². The van der Waals surface area contributed by atoms with Crippen molar-refractivity contribution in [2.45, 2.75) is 37.6 Å². The Morgan fingerprint density at radius 1 is 1.09 bits per heavy atom. The summed E-state index contributed by atoms with van der Waals surface area (Å²) in [5.41, 5.74) is 4.85. The summed E-state index contributed by atoms with van der Waals surface area (Å²) >= 11 is 0. The molecule has 1 aromatic carbocycles. The molecule has 0 aliphatic carbocycles. The van der Waals surface area contributed by atoms with Crippen LogP contribution in [0.4, 0.5) is 8.78 Å². The number of nitrogens with zero attached hydrogens (tertiary/aromatic N) is 3. The topological polar surface area (TPSA) is 50.3 Å². The second-order valence-corrected chi connectivity index (χ2v) is 8.58. The summed E-state index contributed by atoms with van der Waals surface area (Å²) in [5.74, 6) is -1.70. The molecule has 0 radical (unpaired) electrons. The molecule has 1 atom stereocenters. The number of aromatic nitrogens is 2. The number of halogens is 2. The molecule has 0 bridgehead atoms. The number of benzene rings is 1. The van der Waals surface area contributed by atoms with E-state index in [0.29, 0.717) is 12.2 Å². The lowest BCUT2D eigenvalue weighted by atomic mass is 9.84. The Bertz CT molecular complexity index is 1100. The highest BCUT2D eigenvalue weighted by molar-refractivity contribution is 5.33. The van der Waals surface area contributed by atoms with Crippen molar-refractivity contribution in [3.8, 4) is 0 Å². The summed E-state index contributed by atoms with van der Waals surface area (Å²) in [6.07, 6.45) is 7.57. The first-order valence-electron chi connectivity index (χ1n) is 10.9. The molecule has 4 heterocycles. The van der Waals surface area contributed by atoms with Crippen LogP contribution < -0.4 is 5.32 Å². The van der Waals surface area contributed by atoms with Crippen molar-refractivity contribution in [1.29, 1.82) is 0 Å². The van der Waals surface area contributed by atoms with Gasteiger partial charge in [0.05, 0.1) is 23.9 Å². The maximum atomic E-state index is 13.7. The van der Waals surface area contributed by atoms with E-state index in [1.807, 2.05) is 24.7 Å². The number of rotatable bonds is 5. The van der Waals surface area contributed by atoms with Crippen molar-refractivity contribution < 1.29 is 13.5 Å². The van der Waals surface area contributed by atoms with Crippen LogP contribution in [-0.2, 0) is 23.5 Å². The van der Waals surface area contributed by atoms with E-state index in [4.69, 9.17) is 4.74 Å². The molecular formula is C25H26F2N4O. The molecule has 1 spiro atoms. The molecule has 2 aliphatic rings. The van der Waals surface area contributed by atoms with Crippen molar-refractivity contribution in [1.82, 2.24) is 20.2 Å². The standard InChI is InChI=1S/C25H26F2N4O/c1-28-24(18-3-4-21(26)22(27)12-18)23-5-2-17(13-30-23)15-31-10-7-25(8-11-31)20-14-29-9-6-19(20)16-32-25/h2-6,9,12-14,24,28H,7-8,10-11,15-16H2,1H3. The van der Waals surface area contributed by atoms with Crippen LogP contribution in [-0.4, -0.2) is 35.0 Å². The van der Waals surface area contributed by atoms with E-state index in [1.165, 1.54) is 17.2 Å². The van der Waals surface area contributed by atoms with Crippen LogP contribution in [0.1, 0.15) is 46.8 Å². The third kappa shape index (κ3) is 3.92. The van der Waals surface area contributed by atoms with E-state index >= 15 is 0 Å². The molecule has 0 amide bonds. The van der Waals surface area contributed by atoms with Gasteiger partial charge in [0.2, 0.25) is 0 Å². The third-order valence-electron chi connectivity index (χ3n) is 6.69. The minimum absolute atomic E-state index is 0.188. The zero-order chi connectivity index (χ0) is 22.1. The fraction of sp³-hybridized carbons (Fsp3) is 0.360. The molecule has 3 aromatic rings. The summed E-state index contributed by atoms with van der Waals surface area (Å²) in [6.45, 7) is 3.39. The highest BCUT2D eigenvalue weighted by Crippen LogP contribution is 2.43. The molecule has 1 N–H and O–H groups in total. The molecule has 0 saturated carbocycles. The quantitative estimate of drug-likeness (QED) is 0.653. The molecule has 5 nitrogen and oxygen atoms in total. The number of likely N-dealkylation sites (tertiary alicyclic amines) is 1. The maximum absolute atomic E-state index is 13.7. The summed E-state index contributed by atoms with van der Waals surface area (Å²) in [7, 11) is 1.78. The molecule has 7 heteroatoms. The van der Waals surface area contributed by atoms with Gasteiger partial charge in [-0.05, 0) is 60.8 Å². The van der Waals surface area contributed by atoms with Crippen LogP contribution in [0.2, 0.25) is 0 Å². The van der Waals surface area contributed by atoms with Crippen molar-refractivity contribution >= 4 is 0 Å². The van der Waals surface area contributed by atoms with Crippen molar-refractivity contribution in [2.24, 2.45) is 0 Å². The zero-order valence-electron chi connectivity index (χ0n) is 18.0. The van der Waals surface area contributed by atoms with Gasteiger partial charge in [0.25, 0.3) is 0 Å². The van der Waals surface area contributed by atoms with Gasteiger partial charge in [0, 0.05) is 43.8 Å². The van der Waals surface area contributed by atoms with Crippen LogP contribution >= 0.6 is 0 Å². The minimum Gasteiger partial charge on any atom is -0.365 e. The minimum atomic E-state index is -0.855. The van der Waals surface area contributed by atoms with E-state index in [1.54, 1.807) is 13.1 Å². The Morgan fingerprint density at radius 2 is 1.94 bits per heavy atom.